The van der Waals surface area contributed by atoms with Gasteiger partial charge in [0, 0.05) is 5.56 Å². The molecule has 2 heterocycles. The van der Waals surface area contributed by atoms with Crippen LogP contribution < -0.4 is 10.4 Å². The largest absolute Gasteiger partial charge is 0.496 e. The Kier molecular flexibility index (Phi) is 3.35. The molecular weight excluding hydrogens is 274 g/mol. The zero-order valence-corrected chi connectivity index (χ0v) is 11.5. The average Bonchev–Trinajstić information content (AvgIpc) is 3.01. The summed E-state index contributed by atoms with van der Waals surface area (Å²) in [5, 5.41) is 1.91. The van der Waals surface area contributed by atoms with E-state index < -0.39 is 5.63 Å². The molecule has 1 aromatic carbocycles. The zero-order chi connectivity index (χ0) is 13.9. The monoisotopic (exact) mass is 285 g/mol. The van der Waals surface area contributed by atoms with Crippen molar-refractivity contribution in [1.29, 1.82) is 0 Å². The summed E-state index contributed by atoms with van der Waals surface area (Å²) in [5.74, 6) is 0.996. The maximum absolute atomic E-state index is 11.7. The van der Waals surface area contributed by atoms with Gasteiger partial charge < -0.3 is 9.15 Å². The summed E-state index contributed by atoms with van der Waals surface area (Å²) >= 11 is 1.47. The quantitative estimate of drug-likeness (QED) is 0.739. The number of ether oxygens (including phenoxy) is 1. The fourth-order valence-corrected chi connectivity index (χ4v) is 2.55. The van der Waals surface area contributed by atoms with Gasteiger partial charge in [-0.1, -0.05) is 18.2 Å². The van der Waals surface area contributed by atoms with Crippen molar-refractivity contribution in [2.24, 2.45) is 0 Å². The van der Waals surface area contributed by atoms with Crippen molar-refractivity contribution in [2.75, 3.05) is 7.11 Å². The van der Waals surface area contributed by atoms with Crippen LogP contribution in [-0.2, 0) is 0 Å². The van der Waals surface area contributed by atoms with Crippen molar-refractivity contribution in [3.63, 3.8) is 0 Å². The molecule has 0 saturated heterocycles. The third-order valence-electron chi connectivity index (χ3n) is 2.79. The summed E-state index contributed by atoms with van der Waals surface area (Å²) in [4.78, 5) is 17.0. The fourth-order valence-electron chi connectivity index (χ4n) is 1.90. The first-order chi connectivity index (χ1) is 9.78. The predicted octanol–water partition coefficient (Wildman–Crippen LogP) is 3.44. The molecule has 2 aromatic heterocycles. The van der Waals surface area contributed by atoms with Gasteiger partial charge in [-0.05, 0) is 23.6 Å². The van der Waals surface area contributed by atoms with E-state index in [0.29, 0.717) is 17.3 Å². The summed E-state index contributed by atoms with van der Waals surface area (Å²) in [7, 11) is 1.59. The maximum Gasteiger partial charge on any atom is 0.339 e. The Morgan fingerprint density at radius 2 is 2.05 bits per heavy atom. The highest BCUT2D eigenvalue weighted by atomic mass is 32.1. The Hall–Kier alpha value is -2.40. The summed E-state index contributed by atoms with van der Waals surface area (Å²) < 4.78 is 10.5. The zero-order valence-electron chi connectivity index (χ0n) is 10.7. The van der Waals surface area contributed by atoms with Gasteiger partial charge in [-0.3, -0.25) is 0 Å². The molecule has 0 spiro atoms. The topological polar surface area (TPSA) is 52.3 Å². The number of aromatic nitrogens is 1. The minimum Gasteiger partial charge on any atom is -0.496 e. The van der Waals surface area contributed by atoms with Crippen LogP contribution in [0.2, 0.25) is 0 Å². The SMILES string of the molecule is COc1ccccc1-c1cc(=O)oc(-c2cccs2)n1. The fraction of sp³-hybridized carbons (Fsp3) is 0.0667. The molecule has 0 aliphatic carbocycles. The molecule has 100 valence electrons. The molecule has 0 amide bonds. The average molecular weight is 285 g/mol. The second-order valence-electron chi connectivity index (χ2n) is 4.05. The van der Waals surface area contributed by atoms with Crippen LogP contribution in [0, 0.1) is 0 Å². The minimum absolute atomic E-state index is 0.327. The van der Waals surface area contributed by atoms with Crippen LogP contribution >= 0.6 is 11.3 Å². The number of rotatable bonds is 3. The summed E-state index contributed by atoms with van der Waals surface area (Å²) in [6.07, 6.45) is 0. The Labute approximate surface area is 119 Å². The first kappa shape index (κ1) is 12.6. The van der Waals surface area contributed by atoms with Gasteiger partial charge in [0.05, 0.1) is 23.7 Å². The highest BCUT2D eigenvalue weighted by Gasteiger charge is 2.12. The van der Waals surface area contributed by atoms with Crippen molar-refractivity contribution in [3.8, 4) is 27.8 Å². The molecule has 0 saturated carbocycles. The van der Waals surface area contributed by atoms with Crippen LogP contribution in [0.5, 0.6) is 5.75 Å². The lowest BCUT2D eigenvalue weighted by Gasteiger charge is -2.07. The van der Waals surface area contributed by atoms with Crippen LogP contribution in [0.15, 0.2) is 57.1 Å². The van der Waals surface area contributed by atoms with Gasteiger partial charge in [-0.15, -0.1) is 11.3 Å². The van der Waals surface area contributed by atoms with E-state index in [1.54, 1.807) is 7.11 Å². The van der Waals surface area contributed by atoms with Crippen LogP contribution in [0.3, 0.4) is 0 Å². The smallest absolute Gasteiger partial charge is 0.339 e. The van der Waals surface area contributed by atoms with E-state index >= 15 is 0 Å². The molecule has 0 radical (unpaired) electrons. The lowest BCUT2D eigenvalue weighted by molar-refractivity contribution is 0.416. The van der Waals surface area contributed by atoms with Gasteiger partial charge in [0.2, 0.25) is 5.89 Å². The molecule has 0 fully saturated rings. The summed E-state index contributed by atoms with van der Waals surface area (Å²) in [5.41, 5.74) is 0.882. The second-order valence-corrected chi connectivity index (χ2v) is 4.99. The molecular formula is C15H11NO3S. The van der Waals surface area contributed by atoms with Crippen molar-refractivity contribution >= 4 is 11.3 Å². The van der Waals surface area contributed by atoms with E-state index in [2.05, 4.69) is 4.98 Å². The number of hydrogen-bond acceptors (Lipinski definition) is 5. The van der Waals surface area contributed by atoms with Crippen LogP contribution in [-0.4, -0.2) is 12.1 Å². The van der Waals surface area contributed by atoms with Gasteiger partial charge in [0.1, 0.15) is 5.75 Å². The molecule has 0 unspecified atom stereocenters. The lowest BCUT2D eigenvalue weighted by Crippen LogP contribution is -2.02. The van der Waals surface area contributed by atoms with E-state index in [1.807, 2.05) is 41.8 Å². The lowest BCUT2D eigenvalue weighted by atomic mass is 10.1. The van der Waals surface area contributed by atoms with Gasteiger partial charge in [0.15, 0.2) is 0 Å². The molecule has 5 heteroatoms. The third kappa shape index (κ3) is 2.35. The van der Waals surface area contributed by atoms with Gasteiger partial charge in [-0.25, -0.2) is 9.78 Å². The highest BCUT2D eigenvalue weighted by Crippen LogP contribution is 2.29. The molecule has 20 heavy (non-hydrogen) atoms. The van der Waals surface area contributed by atoms with Crippen LogP contribution in [0.25, 0.3) is 22.0 Å². The van der Waals surface area contributed by atoms with Crippen molar-refractivity contribution in [2.45, 2.75) is 0 Å². The van der Waals surface area contributed by atoms with Gasteiger partial charge >= 0.3 is 5.63 Å². The van der Waals surface area contributed by atoms with E-state index in [-0.39, 0.29) is 0 Å². The molecule has 0 bridgehead atoms. The Balaban J connectivity index is 2.17. The second kappa shape index (κ2) is 5.30. The van der Waals surface area contributed by atoms with Crippen LogP contribution in [0.4, 0.5) is 0 Å². The minimum atomic E-state index is -0.427. The molecule has 0 N–H and O–H groups in total. The Bertz CT molecular complexity index is 778. The molecule has 3 aromatic rings. The van der Waals surface area contributed by atoms with Crippen LogP contribution in [0.1, 0.15) is 0 Å². The van der Waals surface area contributed by atoms with E-state index in [9.17, 15) is 4.79 Å². The van der Waals surface area contributed by atoms with E-state index in [1.165, 1.54) is 17.4 Å². The number of hydrogen-bond donors (Lipinski definition) is 0. The molecule has 3 rings (SSSR count). The molecule has 4 nitrogen and oxygen atoms in total. The molecule has 0 aliphatic heterocycles. The van der Waals surface area contributed by atoms with Gasteiger partial charge in [-0.2, -0.15) is 0 Å². The normalized spacial score (nSPS) is 10.4. The van der Waals surface area contributed by atoms with E-state index in [0.717, 1.165) is 10.4 Å². The number of thiophene rings is 1. The molecule has 0 atom stereocenters. The number of para-hydroxylation sites is 1. The summed E-state index contributed by atoms with van der Waals surface area (Å²) in [6.45, 7) is 0. The van der Waals surface area contributed by atoms with Gasteiger partial charge in [0.25, 0.3) is 0 Å². The first-order valence-corrected chi connectivity index (χ1v) is 6.85. The highest BCUT2D eigenvalue weighted by molar-refractivity contribution is 7.13. The van der Waals surface area contributed by atoms with E-state index in [4.69, 9.17) is 9.15 Å². The molecule has 0 aliphatic rings. The number of nitrogens with zero attached hydrogens (tertiary/aromatic N) is 1. The third-order valence-corrected chi connectivity index (χ3v) is 3.65. The number of methoxy groups -OCH3 is 1. The first-order valence-electron chi connectivity index (χ1n) is 5.97. The Morgan fingerprint density at radius 1 is 1.20 bits per heavy atom. The predicted molar refractivity (Wildman–Crippen MR) is 78.1 cm³/mol. The van der Waals surface area contributed by atoms with Crippen molar-refractivity contribution in [3.05, 3.63) is 58.3 Å². The Morgan fingerprint density at radius 3 is 2.80 bits per heavy atom. The summed E-state index contributed by atoms with van der Waals surface area (Å²) in [6, 6.07) is 12.6. The van der Waals surface area contributed by atoms with Crippen molar-refractivity contribution < 1.29 is 9.15 Å². The number of benzene rings is 1. The standard InChI is InChI=1S/C15H11NO3S/c1-18-12-6-3-2-5-10(12)11-9-14(17)19-15(16-11)13-7-4-8-20-13/h2-9H,1H3. The maximum atomic E-state index is 11.7. The van der Waals surface area contributed by atoms with Crippen molar-refractivity contribution in [1.82, 2.24) is 4.98 Å².